The van der Waals surface area contributed by atoms with Crippen LogP contribution in [0.5, 0.6) is 0 Å². The van der Waals surface area contributed by atoms with Crippen LogP contribution in [0.4, 0.5) is 11.6 Å². The van der Waals surface area contributed by atoms with Crippen molar-refractivity contribution in [2.75, 3.05) is 43.5 Å². The Labute approximate surface area is 235 Å². The fourth-order valence-corrected chi connectivity index (χ4v) is 4.85. The van der Waals surface area contributed by atoms with E-state index in [1.165, 1.54) is 0 Å². The summed E-state index contributed by atoms with van der Waals surface area (Å²) in [5.74, 6) is 1.68. The number of nitrogens with zero attached hydrogens (tertiary/aromatic N) is 5. The fraction of sp³-hybridized carbons (Fsp3) is 0.345. The van der Waals surface area contributed by atoms with Gasteiger partial charge in [-0.25, -0.2) is 15.0 Å². The number of benzene rings is 1. The summed E-state index contributed by atoms with van der Waals surface area (Å²) in [5, 5.41) is 6.99. The number of rotatable bonds is 7. The normalized spacial score (nSPS) is 15.3. The Morgan fingerprint density at radius 2 is 1.97 bits per heavy atom. The third-order valence-corrected chi connectivity index (χ3v) is 6.85. The maximum atomic E-state index is 12.3. The summed E-state index contributed by atoms with van der Waals surface area (Å²) in [5.41, 5.74) is 4.08. The van der Waals surface area contributed by atoms with Crippen LogP contribution in [0.15, 0.2) is 61.2 Å². The number of para-hydroxylation sites is 1. The number of anilines is 2. The molecule has 5 rings (SSSR count). The molecular formula is C29H35N7O2S. The molecule has 2 N–H and O–H groups in total. The molecule has 4 aromatic rings. The molecule has 1 fully saturated rings. The summed E-state index contributed by atoms with van der Waals surface area (Å²) in [6, 6.07) is 13.7. The van der Waals surface area contributed by atoms with Crippen LogP contribution in [0.3, 0.4) is 0 Å². The molecule has 1 aliphatic rings. The van der Waals surface area contributed by atoms with Crippen LogP contribution in [0.25, 0.3) is 22.2 Å². The first-order chi connectivity index (χ1) is 18.3. The lowest BCUT2D eigenvalue weighted by atomic mass is 9.96. The lowest BCUT2D eigenvalue weighted by Crippen LogP contribution is -2.48. The first-order valence-corrected chi connectivity index (χ1v) is 12.9. The smallest absolute Gasteiger partial charge is 0.251 e. The second-order valence-electron chi connectivity index (χ2n) is 10.2. The molecule has 1 amide bonds. The van der Waals surface area contributed by atoms with E-state index in [2.05, 4.69) is 57.3 Å². The maximum absolute atomic E-state index is 12.3. The van der Waals surface area contributed by atoms with Gasteiger partial charge in [0.2, 0.25) is 0 Å². The first kappa shape index (κ1) is 28.3. The number of amides is 1. The number of ether oxygens (including phenoxy) is 1. The summed E-state index contributed by atoms with van der Waals surface area (Å²) in [6.07, 6.45) is 5.11. The van der Waals surface area contributed by atoms with Gasteiger partial charge in [-0.15, -0.1) is 0 Å². The largest absolute Gasteiger partial charge is 0.372 e. The number of pyridine rings is 2. The van der Waals surface area contributed by atoms with Crippen molar-refractivity contribution in [3.8, 4) is 11.3 Å². The second-order valence-corrected chi connectivity index (χ2v) is 10.2. The Morgan fingerprint density at radius 1 is 1.13 bits per heavy atom. The van der Waals surface area contributed by atoms with Crippen molar-refractivity contribution in [1.82, 2.24) is 25.3 Å². The molecule has 0 aliphatic carbocycles. The molecule has 0 bridgehead atoms. The van der Waals surface area contributed by atoms with Crippen molar-refractivity contribution in [2.45, 2.75) is 32.3 Å². The number of aromatic nitrogens is 4. The number of nitrogens with one attached hydrogen (secondary N) is 2. The molecule has 3 aromatic heterocycles. The highest BCUT2D eigenvalue weighted by molar-refractivity contribution is 7.59. The number of morpholine rings is 1. The predicted octanol–water partition coefficient (Wildman–Crippen LogP) is 4.39. The van der Waals surface area contributed by atoms with Crippen molar-refractivity contribution in [2.24, 2.45) is 0 Å². The maximum Gasteiger partial charge on any atom is 0.251 e. The Balaban J connectivity index is 0.00000353. The molecule has 1 saturated heterocycles. The molecular weight excluding hydrogens is 510 g/mol. The zero-order valence-corrected chi connectivity index (χ0v) is 23.7. The van der Waals surface area contributed by atoms with E-state index in [0.717, 1.165) is 52.4 Å². The molecule has 0 radical (unpaired) electrons. The summed E-state index contributed by atoms with van der Waals surface area (Å²) < 4.78 is 5.82. The van der Waals surface area contributed by atoms with Crippen LogP contribution in [-0.4, -0.2) is 64.7 Å². The van der Waals surface area contributed by atoms with Crippen LogP contribution in [0.2, 0.25) is 0 Å². The minimum absolute atomic E-state index is 0. The molecule has 39 heavy (non-hydrogen) atoms. The third kappa shape index (κ3) is 6.29. The number of hydrogen-bond donors (Lipinski definition) is 2. The number of fused-ring (bicyclic) bond motifs is 1. The van der Waals surface area contributed by atoms with Gasteiger partial charge in [0.25, 0.3) is 5.91 Å². The van der Waals surface area contributed by atoms with Gasteiger partial charge in [0.15, 0.2) is 0 Å². The van der Waals surface area contributed by atoms with Crippen molar-refractivity contribution < 1.29 is 9.53 Å². The summed E-state index contributed by atoms with van der Waals surface area (Å²) in [7, 11) is 1.64. The van der Waals surface area contributed by atoms with E-state index in [1.54, 1.807) is 25.6 Å². The van der Waals surface area contributed by atoms with E-state index in [-0.39, 0.29) is 30.9 Å². The van der Waals surface area contributed by atoms with Gasteiger partial charge in [0.05, 0.1) is 29.0 Å². The molecule has 0 unspecified atom stereocenters. The zero-order chi connectivity index (χ0) is 26.7. The van der Waals surface area contributed by atoms with Gasteiger partial charge >= 0.3 is 0 Å². The Kier molecular flexibility index (Phi) is 8.66. The standard InChI is InChI=1S/C29H33N7O2.H2S/c1-19(21-6-5-7-22-23(28(37)30-4)10-11-31-27(21)22)15-32-25-14-24(34-18-35-25)20-8-9-26(33-16-20)36-12-13-38-29(2,3)17-36;/h5-11,14,16,18-19H,12-13,15,17H2,1-4H3,(H,30,37)(H,32,34,35);1H2/t19-;/m1./s1. The van der Waals surface area contributed by atoms with Gasteiger partial charge in [-0.2, -0.15) is 13.5 Å². The average molecular weight is 546 g/mol. The molecule has 1 atom stereocenters. The summed E-state index contributed by atoms with van der Waals surface area (Å²) in [6.45, 7) is 9.30. The predicted molar refractivity (Wildman–Crippen MR) is 160 cm³/mol. The lowest BCUT2D eigenvalue weighted by molar-refractivity contribution is -0.0279. The topological polar surface area (TPSA) is 105 Å². The number of hydrogen-bond acceptors (Lipinski definition) is 8. The Hall–Kier alpha value is -3.76. The first-order valence-electron chi connectivity index (χ1n) is 12.9. The Bertz CT molecular complexity index is 1450. The summed E-state index contributed by atoms with van der Waals surface area (Å²) in [4.78, 5) is 32.7. The average Bonchev–Trinajstić information content (AvgIpc) is 2.94. The van der Waals surface area contributed by atoms with E-state index < -0.39 is 0 Å². The molecule has 0 spiro atoms. The Morgan fingerprint density at radius 3 is 2.72 bits per heavy atom. The second kappa shape index (κ2) is 12.0. The van der Waals surface area contributed by atoms with Crippen molar-refractivity contribution in [1.29, 1.82) is 0 Å². The van der Waals surface area contributed by atoms with Gasteiger partial charge in [-0.05, 0) is 37.6 Å². The van der Waals surface area contributed by atoms with Gasteiger partial charge in [-0.3, -0.25) is 9.78 Å². The van der Waals surface area contributed by atoms with Gasteiger partial charge in [0, 0.05) is 62.0 Å². The molecule has 0 saturated carbocycles. The van der Waals surface area contributed by atoms with Gasteiger partial charge < -0.3 is 20.3 Å². The van der Waals surface area contributed by atoms with Crippen LogP contribution >= 0.6 is 13.5 Å². The lowest BCUT2D eigenvalue weighted by Gasteiger charge is -2.38. The van der Waals surface area contributed by atoms with Crippen molar-refractivity contribution in [3.63, 3.8) is 0 Å². The monoisotopic (exact) mass is 545 g/mol. The SMILES string of the molecule is CNC(=O)c1ccnc2c([C@H](C)CNc3cc(-c4ccc(N5CCOC(C)(C)C5)nc4)ncn3)cccc12.S. The quantitative estimate of drug-likeness (QED) is 0.352. The molecule has 1 aliphatic heterocycles. The van der Waals surface area contributed by atoms with E-state index in [9.17, 15) is 4.79 Å². The van der Waals surface area contributed by atoms with E-state index in [4.69, 9.17) is 9.72 Å². The van der Waals surface area contributed by atoms with Crippen molar-refractivity contribution >= 4 is 41.9 Å². The highest BCUT2D eigenvalue weighted by Gasteiger charge is 2.27. The van der Waals surface area contributed by atoms with Crippen LogP contribution in [-0.2, 0) is 4.74 Å². The summed E-state index contributed by atoms with van der Waals surface area (Å²) >= 11 is 0. The van der Waals surface area contributed by atoms with E-state index >= 15 is 0 Å². The molecule has 204 valence electrons. The highest BCUT2D eigenvalue weighted by Crippen LogP contribution is 2.28. The van der Waals surface area contributed by atoms with Crippen molar-refractivity contribution in [3.05, 3.63) is 72.3 Å². The fourth-order valence-electron chi connectivity index (χ4n) is 4.85. The van der Waals surface area contributed by atoms with Gasteiger partial charge in [0.1, 0.15) is 18.0 Å². The zero-order valence-electron chi connectivity index (χ0n) is 22.7. The number of carbonyl (C=O) groups excluding carboxylic acids is 1. The number of carbonyl (C=O) groups is 1. The molecule has 1 aromatic carbocycles. The van der Waals surface area contributed by atoms with Crippen LogP contribution < -0.4 is 15.5 Å². The molecule has 10 heteroatoms. The van der Waals surface area contributed by atoms with Crippen LogP contribution in [0, 0.1) is 0 Å². The van der Waals surface area contributed by atoms with Gasteiger partial charge in [-0.1, -0.05) is 25.1 Å². The third-order valence-electron chi connectivity index (χ3n) is 6.85. The van der Waals surface area contributed by atoms with E-state index in [0.29, 0.717) is 18.7 Å². The highest BCUT2D eigenvalue weighted by atomic mass is 32.1. The van der Waals surface area contributed by atoms with E-state index in [1.807, 2.05) is 36.5 Å². The van der Waals surface area contributed by atoms with Crippen LogP contribution in [0.1, 0.15) is 42.6 Å². The molecule has 9 nitrogen and oxygen atoms in total. The minimum Gasteiger partial charge on any atom is -0.372 e. The minimum atomic E-state index is -0.183. The molecule has 4 heterocycles.